The molecule has 0 spiro atoms. The maximum Gasteiger partial charge on any atom is 0.234 e. The minimum Gasteiger partial charge on any atom is -0.361 e. The zero-order chi connectivity index (χ0) is 16.2. The first-order chi connectivity index (χ1) is 11.1. The largest absolute Gasteiger partial charge is 0.361 e. The van der Waals surface area contributed by atoms with Crippen LogP contribution in [-0.4, -0.2) is 21.8 Å². The molecule has 3 aromatic rings. The standard InChI is InChI=1S/C17H17N3O2S/c1-11-14(12(2)22-20-11)9-23-10-17(21)19-16-7-3-6-15-13(16)5-4-8-18-15/h3-8H,9-10H2,1-2H3,(H,19,21). The van der Waals surface area contributed by atoms with Gasteiger partial charge in [0.05, 0.1) is 22.7 Å². The van der Waals surface area contributed by atoms with E-state index in [9.17, 15) is 4.79 Å². The van der Waals surface area contributed by atoms with Gasteiger partial charge in [-0.1, -0.05) is 11.2 Å². The van der Waals surface area contributed by atoms with E-state index in [-0.39, 0.29) is 5.91 Å². The van der Waals surface area contributed by atoms with E-state index in [1.54, 1.807) is 18.0 Å². The first-order valence-electron chi connectivity index (χ1n) is 7.28. The predicted molar refractivity (Wildman–Crippen MR) is 92.5 cm³/mol. The Bertz CT molecular complexity index is 820. The Morgan fingerprint density at radius 2 is 2.13 bits per heavy atom. The number of carbonyl (C=O) groups is 1. The normalized spacial score (nSPS) is 10.9. The van der Waals surface area contributed by atoms with Gasteiger partial charge in [0, 0.05) is 22.9 Å². The van der Waals surface area contributed by atoms with E-state index in [4.69, 9.17) is 4.52 Å². The van der Waals surface area contributed by atoms with Gasteiger partial charge in [0.2, 0.25) is 5.91 Å². The summed E-state index contributed by atoms with van der Waals surface area (Å²) >= 11 is 1.54. The van der Waals surface area contributed by atoms with Crippen LogP contribution in [0.25, 0.3) is 10.9 Å². The number of fused-ring (bicyclic) bond motifs is 1. The van der Waals surface area contributed by atoms with Crippen molar-refractivity contribution in [2.45, 2.75) is 19.6 Å². The van der Waals surface area contributed by atoms with E-state index in [1.165, 1.54) is 0 Å². The van der Waals surface area contributed by atoms with E-state index in [2.05, 4.69) is 15.5 Å². The van der Waals surface area contributed by atoms with Crippen LogP contribution in [0.2, 0.25) is 0 Å². The molecular formula is C17H17N3O2S. The molecule has 0 bridgehead atoms. The summed E-state index contributed by atoms with van der Waals surface area (Å²) in [5.41, 5.74) is 3.61. The van der Waals surface area contributed by atoms with Crippen molar-refractivity contribution in [2.75, 3.05) is 11.1 Å². The fraction of sp³-hybridized carbons (Fsp3) is 0.235. The number of thioether (sulfide) groups is 1. The van der Waals surface area contributed by atoms with Crippen molar-refractivity contribution >= 4 is 34.3 Å². The highest BCUT2D eigenvalue weighted by Gasteiger charge is 2.11. The number of pyridine rings is 1. The van der Waals surface area contributed by atoms with E-state index < -0.39 is 0 Å². The Balaban J connectivity index is 1.61. The number of carbonyl (C=O) groups excluding carboxylic acids is 1. The summed E-state index contributed by atoms with van der Waals surface area (Å²) in [5, 5.41) is 7.82. The van der Waals surface area contributed by atoms with Gasteiger partial charge in [0.15, 0.2) is 0 Å². The number of anilines is 1. The second kappa shape index (κ2) is 6.83. The second-order valence-electron chi connectivity index (χ2n) is 5.22. The summed E-state index contributed by atoms with van der Waals surface area (Å²) < 4.78 is 5.13. The maximum absolute atomic E-state index is 12.2. The number of amides is 1. The highest BCUT2D eigenvalue weighted by Crippen LogP contribution is 2.22. The Labute approximate surface area is 138 Å². The minimum absolute atomic E-state index is 0.0295. The second-order valence-corrected chi connectivity index (χ2v) is 6.20. The molecule has 2 aromatic heterocycles. The van der Waals surface area contributed by atoms with Crippen LogP contribution in [0.1, 0.15) is 17.0 Å². The predicted octanol–water partition coefficient (Wildman–Crippen LogP) is 3.71. The summed E-state index contributed by atoms with van der Waals surface area (Å²) in [6.07, 6.45) is 1.74. The number of aryl methyl sites for hydroxylation is 2. The molecule has 0 saturated carbocycles. The van der Waals surface area contributed by atoms with Gasteiger partial charge in [-0.15, -0.1) is 11.8 Å². The molecular weight excluding hydrogens is 310 g/mol. The molecule has 0 radical (unpaired) electrons. The van der Waals surface area contributed by atoms with Crippen LogP contribution < -0.4 is 5.32 Å². The lowest BCUT2D eigenvalue weighted by Crippen LogP contribution is -2.14. The van der Waals surface area contributed by atoms with Crippen LogP contribution in [-0.2, 0) is 10.5 Å². The summed E-state index contributed by atoms with van der Waals surface area (Å²) in [6.45, 7) is 3.80. The van der Waals surface area contributed by atoms with Gasteiger partial charge < -0.3 is 9.84 Å². The van der Waals surface area contributed by atoms with Crippen molar-refractivity contribution in [3.63, 3.8) is 0 Å². The summed E-state index contributed by atoms with van der Waals surface area (Å²) in [4.78, 5) is 16.5. The molecule has 0 aliphatic rings. The fourth-order valence-corrected chi connectivity index (χ4v) is 3.33. The molecule has 0 atom stereocenters. The van der Waals surface area contributed by atoms with Gasteiger partial charge in [-0.05, 0) is 38.1 Å². The van der Waals surface area contributed by atoms with Crippen LogP contribution in [0.5, 0.6) is 0 Å². The van der Waals surface area contributed by atoms with E-state index >= 15 is 0 Å². The van der Waals surface area contributed by atoms with Crippen molar-refractivity contribution in [3.05, 3.63) is 53.5 Å². The zero-order valence-electron chi connectivity index (χ0n) is 13.0. The van der Waals surface area contributed by atoms with Gasteiger partial charge in [-0.2, -0.15) is 0 Å². The maximum atomic E-state index is 12.2. The molecule has 6 heteroatoms. The van der Waals surface area contributed by atoms with Crippen LogP contribution in [0, 0.1) is 13.8 Å². The first-order valence-corrected chi connectivity index (χ1v) is 8.43. The van der Waals surface area contributed by atoms with Crippen LogP contribution in [0.4, 0.5) is 5.69 Å². The SMILES string of the molecule is Cc1noc(C)c1CSCC(=O)Nc1cccc2ncccc12. The average molecular weight is 327 g/mol. The molecule has 0 fully saturated rings. The van der Waals surface area contributed by atoms with Gasteiger partial charge in [0.1, 0.15) is 5.76 Å². The van der Waals surface area contributed by atoms with Crippen molar-refractivity contribution in [2.24, 2.45) is 0 Å². The van der Waals surface area contributed by atoms with Crippen molar-refractivity contribution in [3.8, 4) is 0 Å². The Morgan fingerprint density at radius 3 is 2.91 bits per heavy atom. The van der Waals surface area contributed by atoms with Gasteiger partial charge in [-0.25, -0.2) is 0 Å². The van der Waals surface area contributed by atoms with Crippen LogP contribution in [0.3, 0.4) is 0 Å². The van der Waals surface area contributed by atoms with E-state index in [0.717, 1.165) is 33.6 Å². The van der Waals surface area contributed by atoms with Crippen molar-refractivity contribution in [1.29, 1.82) is 0 Å². The van der Waals surface area contributed by atoms with Gasteiger partial charge >= 0.3 is 0 Å². The molecule has 3 rings (SSSR count). The lowest BCUT2D eigenvalue weighted by Gasteiger charge is -2.08. The molecule has 0 unspecified atom stereocenters. The number of benzene rings is 1. The third-order valence-electron chi connectivity index (χ3n) is 3.58. The summed E-state index contributed by atoms with van der Waals surface area (Å²) in [6, 6.07) is 9.53. The molecule has 0 aliphatic carbocycles. The molecule has 0 aliphatic heterocycles. The Morgan fingerprint density at radius 1 is 1.26 bits per heavy atom. The number of rotatable bonds is 5. The third-order valence-corrected chi connectivity index (χ3v) is 4.54. The summed E-state index contributed by atoms with van der Waals surface area (Å²) in [5.74, 6) is 1.88. The lowest BCUT2D eigenvalue weighted by molar-refractivity contribution is -0.113. The smallest absolute Gasteiger partial charge is 0.234 e. The van der Waals surface area contributed by atoms with Crippen molar-refractivity contribution < 1.29 is 9.32 Å². The van der Waals surface area contributed by atoms with Crippen molar-refractivity contribution in [1.82, 2.24) is 10.1 Å². The van der Waals surface area contributed by atoms with Crippen LogP contribution >= 0.6 is 11.8 Å². The molecule has 1 amide bonds. The fourth-order valence-electron chi connectivity index (χ4n) is 2.35. The molecule has 0 saturated heterocycles. The average Bonchev–Trinajstić information content (AvgIpc) is 2.87. The molecule has 1 N–H and O–H groups in total. The van der Waals surface area contributed by atoms with Gasteiger partial charge in [-0.3, -0.25) is 9.78 Å². The third kappa shape index (κ3) is 3.53. The van der Waals surface area contributed by atoms with E-state index in [0.29, 0.717) is 11.5 Å². The minimum atomic E-state index is -0.0295. The Hall–Kier alpha value is -2.34. The van der Waals surface area contributed by atoms with E-state index in [1.807, 2.05) is 44.2 Å². The number of nitrogens with one attached hydrogen (secondary N) is 1. The number of hydrogen-bond acceptors (Lipinski definition) is 5. The van der Waals surface area contributed by atoms with Crippen LogP contribution in [0.15, 0.2) is 41.1 Å². The quantitative estimate of drug-likeness (QED) is 0.773. The lowest BCUT2D eigenvalue weighted by atomic mass is 10.2. The number of aromatic nitrogens is 2. The number of nitrogens with zero attached hydrogens (tertiary/aromatic N) is 2. The summed E-state index contributed by atoms with van der Waals surface area (Å²) in [7, 11) is 0. The zero-order valence-corrected chi connectivity index (χ0v) is 13.8. The monoisotopic (exact) mass is 327 g/mol. The molecule has 1 aromatic carbocycles. The first kappa shape index (κ1) is 15.6. The molecule has 118 valence electrons. The molecule has 5 nitrogen and oxygen atoms in total. The highest BCUT2D eigenvalue weighted by molar-refractivity contribution is 7.99. The topological polar surface area (TPSA) is 68.0 Å². The Kier molecular flexibility index (Phi) is 4.62. The molecule has 2 heterocycles. The molecule has 23 heavy (non-hydrogen) atoms. The number of hydrogen-bond donors (Lipinski definition) is 1. The van der Waals surface area contributed by atoms with Gasteiger partial charge in [0.25, 0.3) is 0 Å². The highest BCUT2D eigenvalue weighted by atomic mass is 32.2.